The van der Waals surface area contributed by atoms with Gasteiger partial charge in [0.25, 0.3) is 0 Å². The molecule has 0 saturated carbocycles. The van der Waals surface area contributed by atoms with Gasteiger partial charge in [-0.2, -0.15) is 0 Å². The van der Waals surface area contributed by atoms with E-state index >= 15 is 0 Å². The molecule has 2 nitrogen and oxygen atoms in total. The van der Waals surface area contributed by atoms with Crippen LogP contribution in [0.1, 0.15) is 83.1 Å². The Kier molecular flexibility index (Phi) is 6.19. The van der Waals surface area contributed by atoms with Crippen molar-refractivity contribution in [2.24, 2.45) is 0 Å². The van der Waals surface area contributed by atoms with E-state index in [1.165, 1.54) is 5.56 Å². The van der Waals surface area contributed by atoms with Crippen LogP contribution in [0.3, 0.4) is 0 Å². The topological polar surface area (TPSA) is 26.3 Å². The zero-order chi connectivity index (χ0) is 20.4. The molecule has 0 bridgehead atoms. The van der Waals surface area contributed by atoms with Gasteiger partial charge >= 0.3 is 5.97 Å². The Bertz CT molecular complexity index is 754. The van der Waals surface area contributed by atoms with Gasteiger partial charge in [0.05, 0.1) is 5.92 Å². The first-order valence-electron chi connectivity index (χ1n) is 9.87. The van der Waals surface area contributed by atoms with Gasteiger partial charge in [-0.1, -0.05) is 96.5 Å². The molecule has 2 aromatic rings. The summed E-state index contributed by atoms with van der Waals surface area (Å²) in [6.07, 6.45) is 0.713. The van der Waals surface area contributed by atoms with E-state index in [1.807, 2.05) is 37.3 Å². The fourth-order valence-electron chi connectivity index (χ4n) is 3.39. The molecule has 2 heteroatoms. The van der Waals surface area contributed by atoms with Crippen LogP contribution in [-0.2, 0) is 15.6 Å². The molecule has 27 heavy (non-hydrogen) atoms. The first-order valence-corrected chi connectivity index (χ1v) is 9.87. The summed E-state index contributed by atoms with van der Waals surface area (Å²) in [5.41, 5.74) is 4.14. The molecule has 2 aromatic carbocycles. The van der Waals surface area contributed by atoms with Crippen molar-refractivity contribution < 1.29 is 9.53 Å². The number of carbonyl (C=O) groups excluding carboxylic acids is 1. The molecule has 146 valence electrons. The van der Waals surface area contributed by atoms with E-state index in [9.17, 15) is 4.79 Å². The summed E-state index contributed by atoms with van der Waals surface area (Å²) in [4.78, 5) is 13.2. The number of hydrogen-bond donors (Lipinski definition) is 0. The summed E-state index contributed by atoms with van der Waals surface area (Å²) >= 11 is 0. The van der Waals surface area contributed by atoms with Crippen LogP contribution in [0.2, 0.25) is 0 Å². The lowest BCUT2D eigenvalue weighted by Crippen LogP contribution is -2.25. The summed E-state index contributed by atoms with van der Waals surface area (Å²) in [5, 5.41) is 0. The van der Waals surface area contributed by atoms with Crippen molar-refractivity contribution in [3.05, 3.63) is 64.7 Å². The van der Waals surface area contributed by atoms with Gasteiger partial charge in [0, 0.05) is 11.1 Å². The standard InChI is InChI=1S/C25H34O2/c1-9-19(18-13-11-10-12-14-18)23(26)27-22-20(24(3,4)5)15-17(2)16-21(22)25(6,7)8/h10-16,19H,9H2,1-8H3/t19-/m0/s1. The molecule has 0 amide bonds. The van der Waals surface area contributed by atoms with Crippen LogP contribution in [-0.4, -0.2) is 5.97 Å². The molecule has 1 atom stereocenters. The summed E-state index contributed by atoms with van der Waals surface area (Å²) in [6.45, 7) is 17.1. The van der Waals surface area contributed by atoms with Crippen LogP contribution in [0, 0.1) is 6.92 Å². The quantitative estimate of drug-likeness (QED) is 0.445. The highest BCUT2D eigenvalue weighted by molar-refractivity contribution is 5.81. The maximum atomic E-state index is 13.2. The van der Waals surface area contributed by atoms with Crippen molar-refractivity contribution in [1.82, 2.24) is 0 Å². The molecule has 0 aliphatic carbocycles. The highest BCUT2D eigenvalue weighted by atomic mass is 16.5. The number of rotatable bonds is 4. The van der Waals surface area contributed by atoms with Gasteiger partial charge in [-0.3, -0.25) is 4.79 Å². The lowest BCUT2D eigenvalue weighted by molar-refractivity contribution is -0.136. The van der Waals surface area contributed by atoms with E-state index in [0.717, 1.165) is 22.4 Å². The Morgan fingerprint density at radius 2 is 1.41 bits per heavy atom. The van der Waals surface area contributed by atoms with E-state index in [4.69, 9.17) is 4.74 Å². The summed E-state index contributed by atoms with van der Waals surface area (Å²) < 4.78 is 6.15. The maximum absolute atomic E-state index is 13.2. The minimum absolute atomic E-state index is 0.115. The molecule has 0 N–H and O–H groups in total. The number of esters is 1. The molecular weight excluding hydrogens is 332 g/mol. The Labute approximate surface area is 165 Å². The van der Waals surface area contributed by atoms with Crippen molar-refractivity contribution >= 4 is 5.97 Å². The van der Waals surface area contributed by atoms with Crippen LogP contribution >= 0.6 is 0 Å². The van der Waals surface area contributed by atoms with Gasteiger partial charge in [0.15, 0.2) is 0 Å². The van der Waals surface area contributed by atoms with Gasteiger partial charge in [0.1, 0.15) is 5.75 Å². The molecule has 0 heterocycles. The van der Waals surface area contributed by atoms with E-state index < -0.39 is 0 Å². The molecule has 0 radical (unpaired) electrons. The Balaban J connectivity index is 2.55. The second kappa shape index (κ2) is 7.88. The molecule has 0 saturated heterocycles. The highest BCUT2D eigenvalue weighted by Crippen LogP contribution is 2.41. The third-order valence-electron chi connectivity index (χ3n) is 4.95. The molecule has 0 aliphatic rings. The number of aryl methyl sites for hydroxylation is 1. The summed E-state index contributed by atoms with van der Waals surface area (Å²) in [6, 6.07) is 14.2. The normalized spacial score (nSPS) is 13.3. The molecule has 0 unspecified atom stereocenters. The van der Waals surface area contributed by atoms with E-state index in [2.05, 4.69) is 60.6 Å². The molecule has 0 spiro atoms. The lowest BCUT2D eigenvalue weighted by atomic mass is 9.78. The fourth-order valence-corrected chi connectivity index (χ4v) is 3.39. The van der Waals surface area contributed by atoms with Gasteiger partial charge in [-0.15, -0.1) is 0 Å². The maximum Gasteiger partial charge on any atom is 0.318 e. The van der Waals surface area contributed by atoms with Gasteiger partial charge in [0.2, 0.25) is 0 Å². The zero-order valence-electron chi connectivity index (χ0n) is 18.1. The third kappa shape index (κ3) is 5.00. The molecule has 0 aliphatic heterocycles. The van der Waals surface area contributed by atoms with Crippen molar-refractivity contribution in [3.8, 4) is 5.75 Å². The van der Waals surface area contributed by atoms with Crippen molar-refractivity contribution in [3.63, 3.8) is 0 Å². The smallest absolute Gasteiger partial charge is 0.318 e. The monoisotopic (exact) mass is 366 g/mol. The van der Waals surface area contributed by atoms with Crippen LogP contribution < -0.4 is 4.74 Å². The molecular formula is C25H34O2. The summed E-state index contributed by atoms with van der Waals surface area (Å²) in [5.74, 6) is 0.302. The lowest BCUT2D eigenvalue weighted by Gasteiger charge is -2.30. The molecule has 0 fully saturated rings. The average molecular weight is 367 g/mol. The first kappa shape index (κ1) is 21.2. The van der Waals surface area contributed by atoms with E-state index in [-0.39, 0.29) is 22.7 Å². The Hall–Kier alpha value is -2.09. The second-order valence-corrected chi connectivity index (χ2v) is 9.48. The van der Waals surface area contributed by atoms with Crippen LogP contribution in [0.25, 0.3) is 0 Å². The van der Waals surface area contributed by atoms with Crippen LogP contribution in [0.4, 0.5) is 0 Å². The van der Waals surface area contributed by atoms with Gasteiger partial charge in [-0.25, -0.2) is 0 Å². The Morgan fingerprint density at radius 3 is 1.81 bits per heavy atom. The number of ether oxygens (including phenoxy) is 1. The Morgan fingerprint density at radius 1 is 0.926 bits per heavy atom. The van der Waals surface area contributed by atoms with Gasteiger partial charge < -0.3 is 4.74 Å². The van der Waals surface area contributed by atoms with Crippen molar-refractivity contribution in [2.45, 2.75) is 78.6 Å². The molecule has 0 aromatic heterocycles. The SMILES string of the molecule is CC[C@H](C(=O)Oc1c(C(C)(C)C)cc(C)cc1C(C)(C)C)c1ccccc1. The minimum Gasteiger partial charge on any atom is -0.425 e. The predicted molar refractivity (Wildman–Crippen MR) is 114 cm³/mol. The minimum atomic E-state index is -0.256. The van der Waals surface area contributed by atoms with Gasteiger partial charge in [-0.05, 0) is 29.7 Å². The largest absolute Gasteiger partial charge is 0.425 e. The average Bonchev–Trinajstić information content (AvgIpc) is 2.56. The third-order valence-corrected chi connectivity index (χ3v) is 4.95. The number of carbonyl (C=O) groups is 1. The van der Waals surface area contributed by atoms with E-state index in [1.54, 1.807) is 0 Å². The highest BCUT2D eigenvalue weighted by Gasteiger charge is 2.30. The van der Waals surface area contributed by atoms with E-state index in [0.29, 0.717) is 6.42 Å². The zero-order valence-corrected chi connectivity index (χ0v) is 18.1. The van der Waals surface area contributed by atoms with Crippen molar-refractivity contribution in [2.75, 3.05) is 0 Å². The number of benzene rings is 2. The summed E-state index contributed by atoms with van der Waals surface area (Å²) in [7, 11) is 0. The van der Waals surface area contributed by atoms with Crippen LogP contribution in [0.15, 0.2) is 42.5 Å². The second-order valence-electron chi connectivity index (χ2n) is 9.48. The fraction of sp³-hybridized carbons (Fsp3) is 0.480. The van der Waals surface area contributed by atoms with Crippen LogP contribution in [0.5, 0.6) is 5.75 Å². The first-order chi connectivity index (χ1) is 12.4. The molecule has 2 rings (SSSR count). The number of hydrogen-bond acceptors (Lipinski definition) is 2. The van der Waals surface area contributed by atoms with Crippen molar-refractivity contribution in [1.29, 1.82) is 0 Å². The predicted octanol–water partition coefficient (Wildman–Crippen LogP) is 6.69.